The van der Waals surface area contributed by atoms with Gasteiger partial charge in [0.05, 0.1) is 4.92 Å². The van der Waals surface area contributed by atoms with E-state index in [0.717, 1.165) is 16.7 Å². The summed E-state index contributed by atoms with van der Waals surface area (Å²) in [5.41, 5.74) is 2.63. The Morgan fingerprint density at radius 2 is 1.79 bits per heavy atom. The lowest BCUT2D eigenvalue weighted by Gasteiger charge is -2.08. The quantitative estimate of drug-likeness (QED) is 0.469. The van der Waals surface area contributed by atoms with Crippen molar-refractivity contribution in [1.82, 2.24) is 0 Å². The Hall–Kier alpha value is -2.69. The van der Waals surface area contributed by atoms with Crippen LogP contribution >= 0.6 is 0 Å². The monoisotopic (exact) mass is 257 g/mol. The van der Waals surface area contributed by atoms with Crippen LogP contribution in [0.2, 0.25) is 0 Å². The summed E-state index contributed by atoms with van der Waals surface area (Å²) in [5, 5.41) is 10.6. The minimum absolute atomic E-state index is 0.0466. The number of hydrogen-bond acceptors (Lipinski definition) is 4. The lowest BCUT2D eigenvalue weighted by Crippen LogP contribution is -1.94. The van der Waals surface area contributed by atoms with Crippen LogP contribution in [0.25, 0.3) is 11.1 Å². The fourth-order valence-electron chi connectivity index (χ4n) is 1.81. The molecule has 0 saturated heterocycles. The van der Waals surface area contributed by atoms with E-state index in [9.17, 15) is 14.9 Å². The van der Waals surface area contributed by atoms with Gasteiger partial charge in [0.15, 0.2) is 0 Å². The number of nitrogens with zero attached hydrogens (tertiary/aromatic N) is 1. The highest BCUT2D eigenvalue weighted by molar-refractivity contribution is 5.68. The van der Waals surface area contributed by atoms with Crippen molar-refractivity contribution in [3.63, 3.8) is 0 Å². The molecule has 2 aromatic carbocycles. The van der Waals surface area contributed by atoms with Gasteiger partial charge in [0.25, 0.3) is 12.2 Å². The second kappa shape index (κ2) is 5.77. The lowest BCUT2D eigenvalue weighted by molar-refractivity contribution is -0.384. The Morgan fingerprint density at radius 3 is 2.42 bits per heavy atom. The fourth-order valence-corrected chi connectivity index (χ4v) is 1.81. The SMILES string of the molecule is O=COCc1ccccc1-c1ccc([N+](=O)[O-])cc1. The zero-order valence-corrected chi connectivity index (χ0v) is 9.98. The molecular formula is C14H11NO4. The van der Waals surface area contributed by atoms with E-state index in [1.807, 2.05) is 24.3 Å². The van der Waals surface area contributed by atoms with Gasteiger partial charge in [-0.1, -0.05) is 24.3 Å². The summed E-state index contributed by atoms with van der Waals surface area (Å²) in [4.78, 5) is 20.4. The molecule has 0 radical (unpaired) electrons. The van der Waals surface area contributed by atoms with Crippen molar-refractivity contribution < 1.29 is 14.5 Å². The standard InChI is InChI=1S/C14H11NO4/c16-10-19-9-12-3-1-2-4-14(12)11-5-7-13(8-6-11)15(17)18/h1-8,10H,9H2. The van der Waals surface area contributed by atoms with Gasteiger partial charge < -0.3 is 4.74 Å². The van der Waals surface area contributed by atoms with Crippen molar-refractivity contribution in [2.75, 3.05) is 0 Å². The van der Waals surface area contributed by atoms with Gasteiger partial charge in [-0.3, -0.25) is 14.9 Å². The Morgan fingerprint density at radius 1 is 1.11 bits per heavy atom. The number of hydrogen-bond donors (Lipinski definition) is 0. The van der Waals surface area contributed by atoms with Gasteiger partial charge in [0.2, 0.25) is 0 Å². The molecule has 19 heavy (non-hydrogen) atoms. The third-order valence-corrected chi connectivity index (χ3v) is 2.71. The van der Waals surface area contributed by atoms with Crippen LogP contribution in [0.1, 0.15) is 5.56 Å². The number of nitro benzene ring substituents is 1. The van der Waals surface area contributed by atoms with Crippen LogP contribution in [0.5, 0.6) is 0 Å². The molecule has 0 aromatic heterocycles. The first-order chi connectivity index (χ1) is 9.22. The Kier molecular flexibility index (Phi) is 3.87. The first-order valence-corrected chi connectivity index (χ1v) is 5.60. The number of non-ortho nitro benzene ring substituents is 1. The van der Waals surface area contributed by atoms with Gasteiger partial charge in [-0.25, -0.2) is 0 Å². The topological polar surface area (TPSA) is 69.4 Å². The predicted octanol–water partition coefficient (Wildman–Crippen LogP) is 2.93. The molecule has 0 heterocycles. The smallest absolute Gasteiger partial charge is 0.293 e. The molecule has 5 nitrogen and oxygen atoms in total. The summed E-state index contributed by atoms with van der Waals surface area (Å²) < 4.78 is 4.75. The number of carbonyl (C=O) groups is 1. The Balaban J connectivity index is 2.35. The average molecular weight is 257 g/mol. The Bertz CT molecular complexity index is 593. The minimum atomic E-state index is -0.439. The maximum Gasteiger partial charge on any atom is 0.293 e. The zero-order chi connectivity index (χ0) is 13.7. The van der Waals surface area contributed by atoms with Gasteiger partial charge in [0.1, 0.15) is 6.61 Å². The molecule has 0 aliphatic carbocycles. The second-order valence-electron chi connectivity index (χ2n) is 3.87. The van der Waals surface area contributed by atoms with E-state index in [0.29, 0.717) is 6.47 Å². The van der Waals surface area contributed by atoms with E-state index in [2.05, 4.69) is 0 Å². The first kappa shape index (κ1) is 12.8. The highest BCUT2D eigenvalue weighted by Crippen LogP contribution is 2.26. The molecule has 96 valence electrons. The summed E-state index contributed by atoms with van der Waals surface area (Å²) in [6.45, 7) is 0.573. The largest absolute Gasteiger partial charge is 0.463 e. The molecule has 0 fully saturated rings. The van der Waals surface area contributed by atoms with Gasteiger partial charge in [0, 0.05) is 12.1 Å². The summed E-state index contributed by atoms with van der Waals surface area (Å²) >= 11 is 0. The third-order valence-electron chi connectivity index (χ3n) is 2.71. The lowest BCUT2D eigenvalue weighted by atomic mass is 10.00. The molecule has 0 atom stereocenters. The fraction of sp³-hybridized carbons (Fsp3) is 0.0714. The van der Waals surface area contributed by atoms with Crippen LogP contribution < -0.4 is 0 Å². The minimum Gasteiger partial charge on any atom is -0.463 e. The van der Waals surface area contributed by atoms with E-state index in [1.54, 1.807) is 12.1 Å². The second-order valence-corrected chi connectivity index (χ2v) is 3.87. The van der Waals surface area contributed by atoms with Gasteiger partial charge in [-0.15, -0.1) is 0 Å². The van der Waals surface area contributed by atoms with Gasteiger partial charge in [-0.05, 0) is 28.8 Å². The molecule has 0 spiro atoms. The average Bonchev–Trinajstić information content (AvgIpc) is 2.45. The van der Waals surface area contributed by atoms with Crippen molar-refractivity contribution in [2.24, 2.45) is 0 Å². The zero-order valence-electron chi connectivity index (χ0n) is 9.98. The molecular weight excluding hydrogens is 246 g/mol. The molecule has 5 heteroatoms. The molecule has 2 aromatic rings. The van der Waals surface area contributed by atoms with Crippen molar-refractivity contribution >= 4 is 12.2 Å². The van der Waals surface area contributed by atoms with Gasteiger partial charge >= 0.3 is 0 Å². The van der Waals surface area contributed by atoms with Crippen molar-refractivity contribution in [1.29, 1.82) is 0 Å². The molecule has 0 saturated carbocycles. The molecule has 2 rings (SSSR count). The van der Waals surface area contributed by atoms with E-state index >= 15 is 0 Å². The van der Waals surface area contributed by atoms with Crippen LogP contribution in [0.4, 0.5) is 5.69 Å². The van der Waals surface area contributed by atoms with Crippen LogP contribution in [0, 0.1) is 10.1 Å². The van der Waals surface area contributed by atoms with Crippen molar-refractivity contribution in [2.45, 2.75) is 6.61 Å². The third kappa shape index (κ3) is 2.95. The van der Waals surface area contributed by atoms with E-state index in [4.69, 9.17) is 4.74 Å². The summed E-state index contributed by atoms with van der Waals surface area (Å²) in [7, 11) is 0. The molecule has 0 amide bonds. The number of rotatable bonds is 5. The van der Waals surface area contributed by atoms with E-state index in [-0.39, 0.29) is 12.3 Å². The first-order valence-electron chi connectivity index (χ1n) is 5.60. The summed E-state index contributed by atoms with van der Waals surface area (Å²) in [6, 6.07) is 13.7. The van der Waals surface area contributed by atoms with Crippen LogP contribution in [-0.4, -0.2) is 11.4 Å². The van der Waals surface area contributed by atoms with Crippen LogP contribution in [-0.2, 0) is 16.1 Å². The maximum atomic E-state index is 10.6. The summed E-state index contributed by atoms with van der Waals surface area (Å²) in [6.07, 6.45) is 0. The molecule has 0 unspecified atom stereocenters. The number of nitro groups is 1. The molecule has 0 N–H and O–H groups in total. The van der Waals surface area contributed by atoms with E-state index < -0.39 is 4.92 Å². The predicted molar refractivity (Wildman–Crippen MR) is 69.4 cm³/mol. The van der Waals surface area contributed by atoms with Crippen molar-refractivity contribution in [3.8, 4) is 11.1 Å². The number of ether oxygens (including phenoxy) is 1. The molecule has 0 aliphatic heterocycles. The van der Waals surface area contributed by atoms with E-state index in [1.165, 1.54) is 12.1 Å². The number of carbonyl (C=O) groups excluding carboxylic acids is 1. The summed E-state index contributed by atoms with van der Waals surface area (Å²) in [5.74, 6) is 0. The highest BCUT2D eigenvalue weighted by Gasteiger charge is 2.08. The Labute approximate surface area is 109 Å². The normalized spacial score (nSPS) is 9.89. The van der Waals surface area contributed by atoms with Gasteiger partial charge in [-0.2, -0.15) is 0 Å². The molecule has 0 bridgehead atoms. The van der Waals surface area contributed by atoms with Crippen LogP contribution in [0.3, 0.4) is 0 Å². The molecule has 0 aliphatic rings. The van der Waals surface area contributed by atoms with Crippen LogP contribution in [0.15, 0.2) is 48.5 Å². The van der Waals surface area contributed by atoms with Crippen molar-refractivity contribution in [3.05, 3.63) is 64.2 Å². The number of benzene rings is 2. The highest BCUT2D eigenvalue weighted by atomic mass is 16.6. The maximum absolute atomic E-state index is 10.6.